The molecule has 6 nitrogen and oxygen atoms in total. The normalized spacial score (nSPS) is 10.5. The molecule has 0 aliphatic heterocycles. The first-order chi connectivity index (χ1) is 9.63. The summed E-state index contributed by atoms with van der Waals surface area (Å²) in [4.78, 5) is 30.0. The minimum atomic E-state index is -0.405. The maximum atomic E-state index is 11.4. The van der Waals surface area contributed by atoms with Crippen LogP contribution in [-0.2, 0) is 20.9 Å². The van der Waals surface area contributed by atoms with Crippen LogP contribution >= 0.6 is 0 Å². The topological polar surface area (TPSA) is 81.3 Å². The van der Waals surface area contributed by atoms with Crippen molar-refractivity contribution in [3.63, 3.8) is 0 Å². The third-order valence-corrected chi connectivity index (χ3v) is 2.78. The van der Waals surface area contributed by atoms with Crippen molar-refractivity contribution in [1.82, 2.24) is 9.97 Å². The van der Waals surface area contributed by atoms with Crippen LogP contribution in [0.2, 0.25) is 0 Å². The number of methoxy groups -OCH3 is 1. The van der Waals surface area contributed by atoms with Crippen molar-refractivity contribution in [2.24, 2.45) is 0 Å². The number of fused-ring (bicyclic) bond motifs is 1. The number of benzene rings is 1. The largest absolute Gasteiger partial charge is 0.465 e. The van der Waals surface area contributed by atoms with Crippen molar-refractivity contribution >= 4 is 23.0 Å². The number of aromatic amines is 1. The van der Waals surface area contributed by atoms with Crippen molar-refractivity contribution in [1.29, 1.82) is 0 Å². The van der Waals surface area contributed by atoms with Gasteiger partial charge in [-0.1, -0.05) is 6.92 Å². The van der Waals surface area contributed by atoms with Gasteiger partial charge in [-0.15, -0.1) is 0 Å². The van der Waals surface area contributed by atoms with Crippen molar-refractivity contribution in [2.75, 3.05) is 7.11 Å². The summed E-state index contributed by atoms with van der Waals surface area (Å²) in [6.45, 7) is 2.01. The van der Waals surface area contributed by atoms with Gasteiger partial charge in [-0.25, -0.2) is 9.78 Å². The fourth-order valence-electron chi connectivity index (χ4n) is 1.80. The average Bonchev–Trinajstić information content (AvgIpc) is 2.86. The second kappa shape index (κ2) is 6.18. The van der Waals surface area contributed by atoms with E-state index in [0.29, 0.717) is 28.8 Å². The van der Waals surface area contributed by atoms with Crippen molar-refractivity contribution < 1.29 is 19.1 Å². The molecule has 0 aliphatic rings. The van der Waals surface area contributed by atoms with E-state index in [1.165, 1.54) is 7.11 Å². The van der Waals surface area contributed by atoms with Gasteiger partial charge >= 0.3 is 11.9 Å². The lowest BCUT2D eigenvalue weighted by Crippen LogP contribution is -2.04. The lowest BCUT2D eigenvalue weighted by molar-refractivity contribution is -0.145. The molecular weight excluding hydrogens is 260 g/mol. The van der Waals surface area contributed by atoms with Gasteiger partial charge in [0.25, 0.3) is 0 Å². The molecule has 0 spiro atoms. The highest BCUT2D eigenvalue weighted by atomic mass is 16.5. The molecule has 0 radical (unpaired) electrons. The monoisotopic (exact) mass is 276 g/mol. The summed E-state index contributed by atoms with van der Waals surface area (Å²) in [7, 11) is 1.33. The predicted molar refractivity (Wildman–Crippen MR) is 72.1 cm³/mol. The minimum Gasteiger partial charge on any atom is -0.465 e. The van der Waals surface area contributed by atoms with Crippen LogP contribution in [0.25, 0.3) is 11.0 Å². The number of aromatic nitrogens is 2. The molecule has 0 saturated heterocycles. The minimum absolute atomic E-state index is 0.0983. The van der Waals surface area contributed by atoms with Crippen molar-refractivity contribution in [3.05, 3.63) is 29.6 Å². The number of hydrogen-bond acceptors (Lipinski definition) is 5. The number of esters is 2. The summed E-state index contributed by atoms with van der Waals surface area (Å²) < 4.78 is 9.73. The molecular formula is C14H16N2O4. The number of nitrogens with zero attached hydrogens (tertiary/aromatic N) is 1. The molecule has 0 saturated carbocycles. The van der Waals surface area contributed by atoms with Gasteiger partial charge < -0.3 is 14.5 Å². The summed E-state index contributed by atoms with van der Waals surface area (Å²) in [6.07, 6.45) is 1.15. The second-order valence-electron chi connectivity index (χ2n) is 4.32. The molecule has 2 aromatic rings. The highest BCUT2D eigenvalue weighted by Crippen LogP contribution is 2.15. The Morgan fingerprint density at radius 1 is 1.35 bits per heavy atom. The smallest absolute Gasteiger partial charge is 0.337 e. The van der Waals surface area contributed by atoms with Crippen LogP contribution in [-0.4, -0.2) is 29.0 Å². The van der Waals surface area contributed by atoms with Gasteiger partial charge in [-0.05, 0) is 24.6 Å². The lowest BCUT2D eigenvalue weighted by Gasteiger charge is -2.00. The molecule has 0 bridgehead atoms. The number of carbonyl (C=O) groups excluding carboxylic acids is 2. The molecule has 0 aliphatic carbocycles. The summed E-state index contributed by atoms with van der Waals surface area (Å²) in [5.74, 6) is -0.105. The molecule has 1 N–H and O–H groups in total. The van der Waals surface area contributed by atoms with E-state index in [1.807, 2.05) is 6.92 Å². The Kier molecular flexibility index (Phi) is 4.34. The molecule has 20 heavy (non-hydrogen) atoms. The zero-order valence-corrected chi connectivity index (χ0v) is 11.4. The number of H-pyrrole nitrogens is 1. The van der Waals surface area contributed by atoms with Gasteiger partial charge in [0.1, 0.15) is 12.4 Å². The van der Waals surface area contributed by atoms with Gasteiger partial charge in [0.15, 0.2) is 0 Å². The van der Waals surface area contributed by atoms with Crippen LogP contribution in [0.4, 0.5) is 0 Å². The molecule has 106 valence electrons. The zero-order valence-electron chi connectivity index (χ0n) is 11.4. The average molecular weight is 276 g/mol. The fraction of sp³-hybridized carbons (Fsp3) is 0.357. The number of imidazole rings is 1. The molecule has 0 unspecified atom stereocenters. The highest BCUT2D eigenvalue weighted by Gasteiger charge is 2.10. The molecule has 0 fully saturated rings. The predicted octanol–water partition coefficient (Wildman–Crippen LogP) is 2.19. The Morgan fingerprint density at radius 3 is 2.85 bits per heavy atom. The SMILES string of the molecule is CCCC(=O)OCc1nc2ccc(C(=O)OC)cc2[nH]1. The summed E-state index contributed by atoms with van der Waals surface area (Å²) in [5.41, 5.74) is 1.85. The van der Waals surface area contributed by atoms with Crippen LogP contribution in [0.5, 0.6) is 0 Å². The molecule has 2 rings (SSSR count). The van der Waals surface area contributed by atoms with Crippen LogP contribution in [0.3, 0.4) is 0 Å². The Labute approximate surface area is 116 Å². The third kappa shape index (κ3) is 3.14. The second-order valence-corrected chi connectivity index (χ2v) is 4.32. The van der Waals surface area contributed by atoms with Gasteiger partial charge in [0.2, 0.25) is 0 Å². The van der Waals surface area contributed by atoms with E-state index in [1.54, 1.807) is 18.2 Å². The molecule has 0 amide bonds. The van der Waals surface area contributed by atoms with E-state index in [9.17, 15) is 9.59 Å². The number of nitrogens with one attached hydrogen (secondary N) is 1. The van der Waals surface area contributed by atoms with E-state index in [4.69, 9.17) is 4.74 Å². The van der Waals surface area contributed by atoms with E-state index in [2.05, 4.69) is 14.7 Å². The zero-order chi connectivity index (χ0) is 14.5. The van der Waals surface area contributed by atoms with E-state index in [0.717, 1.165) is 6.42 Å². The van der Waals surface area contributed by atoms with E-state index >= 15 is 0 Å². The first-order valence-electron chi connectivity index (χ1n) is 6.36. The van der Waals surface area contributed by atoms with Gasteiger partial charge in [0.05, 0.1) is 23.7 Å². The first kappa shape index (κ1) is 14.0. The molecule has 1 heterocycles. The number of rotatable bonds is 5. The van der Waals surface area contributed by atoms with Crippen LogP contribution in [0.1, 0.15) is 35.9 Å². The molecule has 1 aromatic carbocycles. The third-order valence-electron chi connectivity index (χ3n) is 2.78. The van der Waals surface area contributed by atoms with Gasteiger partial charge in [0, 0.05) is 6.42 Å². The van der Waals surface area contributed by atoms with E-state index in [-0.39, 0.29) is 12.6 Å². The standard InChI is InChI=1S/C14H16N2O4/c1-3-4-13(17)20-8-12-15-10-6-5-9(14(18)19-2)7-11(10)16-12/h5-7H,3-4,8H2,1-2H3,(H,15,16). The summed E-state index contributed by atoms with van der Waals surface area (Å²) in [5, 5.41) is 0. The number of carbonyl (C=O) groups is 2. The van der Waals surface area contributed by atoms with Crippen molar-refractivity contribution in [3.8, 4) is 0 Å². The van der Waals surface area contributed by atoms with E-state index < -0.39 is 5.97 Å². The Bertz CT molecular complexity index is 633. The Balaban J connectivity index is 2.13. The molecule has 1 aromatic heterocycles. The molecule has 0 atom stereocenters. The lowest BCUT2D eigenvalue weighted by atomic mass is 10.2. The fourth-order valence-corrected chi connectivity index (χ4v) is 1.80. The van der Waals surface area contributed by atoms with Crippen molar-refractivity contribution in [2.45, 2.75) is 26.4 Å². The number of ether oxygens (including phenoxy) is 2. The van der Waals surface area contributed by atoms with Crippen LogP contribution in [0.15, 0.2) is 18.2 Å². The van der Waals surface area contributed by atoms with Gasteiger partial charge in [-0.3, -0.25) is 4.79 Å². The summed E-state index contributed by atoms with van der Waals surface area (Å²) in [6, 6.07) is 5.02. The van der Waals surface area contributed by atoms with Gasteiger partial charge in [-0.2, -0.15) is 0 Å². The Hall–Kier alpha value is -2.37. The first-order valence-corrected chi connectivity index (χ1v) is 6.36. The highest BCUT2D eigenvalue weighted by molar-refractivity contribution is 5.93. The quantitative estimate of drug-likeness (QED) is 0.846. The Morgan fingerprint density at radius 2 is 2.15 bits per heavy atom. The summed E-state index contributed by atoms with van der Waals surface area (Å²) >= 11 is 0. The van der Waals surface area contributed by atoms with Crippen LogP contribution < -0.4 is 0 Å². The molecule has 6 heteroatoms. The number of hydrogen-bond donors (Lipinski definition) is 1. The van der Waals surface area contributed by atoms with Crippen LogP contribution in [0, 0.1) is 0 Å². The maximum absolute atomic E-state index is 11.4. The maximum Gasteiger partial charge on any atom is 0.337 e.